The van der Waals surface area contributed by atoms with Gasteiger partial charge in [-0.05, 0) is 44.9 Å². The zero-order valence-electron chi connectivity index (χ0n) is 10.3. The minimum atomic E-state index is 0.318. The lowest BCUT2D eigenvalue weighted by Gasteiger charge is -2.15. The first-order chi connectivity index (χ1) is 7.13. The van der Waals surface area contributed by atoms with Crippen LogP contribution in [0.1, 0.15) is 51.2 Å². The Balaban J connectivity index is 2.33. The molecule has 0 radical (unpaired) electrons. The number of hydrogen-bond donors (Lipinski definition) is 1. The molecule has 0 saturated carbocycles. The summed E-state index contributed by atoms with van der Waals surface area (Å²) in [4.78, 5) is 0. The summed E-state index contributed by atoms with van der Waals surface area (Å²) in [7, 11) is 0. The van der Waals surface area contributed by atoms with Crippen molar-refractivity contribution in [3.63, 3.8) is 0 Å². The Hall–Kier alpha value is -0.760. The van der Waals surface area contributed by atoms with Gasteiger partial charge >= 0.3 is 0 Å². The van der Waals surface area contributed by atoms with Crippen molar-refractivity contribution >= 4 is 0 Å². The molecule has 2 nitrogen and oxygen atoms in total. The van der Waals surface area contributed by atoms with Gasteiger partial charge in [0.1, 0.15) is 11.5 Å². The summed E-state index contributed by atoms with van der Waals surface area (Å²) in [6.45, 7) is 9.72. The van der Waals surface area contributed by atoms with Crippen molar-refractivity contribution in [3.8, 4) is 0 Å². The van der Waals surface area contributed by atoms with Gasteiger partial charge in [-0.3, -0.25) is 0 Å². The molecule has 1 rings (SSSR count). The molecule has 0 aliphatic heterocycles. The van der Waals surface area contributed by atoms with Crippen molar-refractivity contribution in [2.75, 3.05) is 6.54 Å². The number of rotatable bonds is 6. The van der Waals surface area contributed by atoms with Gasteiger partial charge in [0, 0.05) is 0 Å². The second kappa shape index (κ2) is 5.96. The van der Waals surface area contributed by atoms with Crippen molar-refractivity contribution in [3.05, 3.63) is 23.7 Å². The highest BCUT2D eigenvalue weighted by Crippen LogP contribution is 2.16. The fourth-order valence-corrected chi connectivity index (χ4v) is 1.76. The van der Waals surface area contributed by atoms with Crippen LogP contribution >= 0.6 is 0 Å². The van der Waals surface area contributed by atoms with E-state index in [1.165, 1.54) is 12.8 Å². The summed E-state index contributed by atoms with van der Waals surface area (Å²) in [5.74, 6) is 2.77. The van der Waals surface area contributed by atoms with Crippen LogP contribution in [0.2, 0.25) is 0 Å². The van der Waals surface area contributed by atoms with Gasteiger partial charge < -0.3 is 9.73 Å². The molecule has 2 heteroatoms. The maximum atomic E-state index is 5.58. The monoisotopic (exact) mass is 209 g/mol. The Labute approximate surface area is 93.1 Å². The van der Waals surface area contributed by atoms with E-state index >= 15 is 0 Å². The standard InChI is InChI=1S/C13H23NO/c1-5-6-10(2)9-14-12(4)13-8-7-11(3)15-13/h7-8,10,12,14H,5-6,9H2,1-4H3. The summed E-state index contributed by atoms with van der Waals surface area (Å²) >= 11 is 0. The highest BCUT2D eigenvalue weighted by atomic mass is 16.3. The molecule has 1 aromatic heterocycles. The first kappa shape index (κ1) is 12.3. The van der Waals surface area contributed by atoms with Crippen molar-refractivity contribution in [1.82, 2.24) is 5.32 Å². The average molecular weight is 209 g/mol. The average Bonchev–Trinajstić information content (AvgIpc) is 2.62. The van der Waals surface area contributed by atoms with Crippen LogP contribution in [0.5, 0.6) is 0 Å². The molecule has 1 heterocycles. The van der Waals surface area contributed by atoms with Gasteiger partial charge in [0.25, 0.3) is 0 Å². The van der Waals surface area contributed by atoms with Gasteiger partial charge in [0.05, 0.1) is 6.04 Å². The van der Waals surface area contributed by atoms with E-state index in [-0.39, 0.29) is 0 Å². The molecule has 0 aromatic carbocycles. The van der Waals surface area contributed by atoms with E-state index in [0.29, 0.717) is 6.04 Å². The molecule has 0 saturated heterocycles. The van der Waals surface area contributed by atoms with Crippen molar-refractivity contribution in [1.29, 1.82) is 0 Å². The summed E-state index contributed by atoms with van der Waals surface area (Å²) in [6.07, 6.45) is 2.55. The fourth-order valence-electron chi connectivity index (χ4n) is 1.76. The molecular formula is C13H23NO. The third kappa shape index (κ3) is 4.08. The van der Waals surface area contributed by atoms with Crippen molar-refractivity contribution in [2.24, 2.45) is 5.92 Å². The lowest BCUT2D eigenvalue weighted by Crippen LogP contribution is -2.24. The molecule has 0 aliphatic carbocycles. The third-order valence-electron chi connectivity index (χ3n) is 2.74. The Morgan fingerprint density at radius 2 is 2.07 bits per heavy atom. The van der Waals surface area contributed by atoms with E-state index in [0.717, 1.165) is 24.0 Å². The molecule has 86 valence electrons. The summed E-state index contributed by atoms with van der Waals surface area (Å²) in [5, 5.41) is 3.50. The van der Waals surface area contributed by atoms with Crippen molar-refractivity contribution in [2.45, 2.75) is 46.6 Å². The lowest BCUT2D eigenvalue weighted by atomic mass is 10.1. The Morgan fingerprint density at radius 1 is 1.33 bits per heavy atom. The predicted molar refractivity (Wildman–Crippen MR) is 63.9 cm³/mol. The molecule has 0 bridgehead atoms. The van der Waals surface area contributed by atoms with Crippen LogP contribution in [0.4, 0.5) is 0 Å². The van der Waals surface area contributed by atoms with E-state index in [1.54, 1.807) is 0 Å². The summed E-state index contributed by atoms with van der Waals surface area (Å²) < 4.78 is 5.58. The Kier molecular flexibility index (Phi) is 4.89. The highest BCUT2D eigenvalue weighted by Gasteiger charge is 2.09. The minimum absolute atomic E-state index is 0.318. The molecular weight excluding hydrogens is 186 g/mol. The summed E-state index contributed by atoms with van der Waals surface area (Å²) in [5.41, 5.74) is 0. The van der Waals surface area contributed by atoms with E-state index in [2.05, 4.69) is 32.2 Å². The maximum absolute atomic E-state index is 5.58. The lowest BCUT2D eigenvalue weighted by molar-refractivity contribution is 0.386. The van der Waals surface area contributed by atoms with E-state index < -0.39 is 0 Å². The predicted octanol–water partition coefficient (Wildman–Crippen LogP) is 3.67. The van der Waals surface area contributed by atoms with Crippen molar-refractivity contribution < 1.29 is 4.42 Å². The molecule has 2 unspecified atom stereocenters. The first-order valence-corrected chi connectivity index (χ1v) is 5.93. The highest BCUT2D eigenvalue weighted by molar-refractivity contribution is 5.08. The molecule has 1 aromatic rings. The SMILES string of the molecule is CCCC(C)CNC(C)c1ccc(C)o1. The van der Waals surface area contributed by atoms with Crippen LogP contribution in [0.3, 0.4) is 0 Å². The quantitative estimate of drug-likeness (QED) is 0.773. The van der Waals surface area contributed by atoms with Gasteiger partial charge in [-0.15, -0.1) is 0 Å². The van der Waals surface area contributed by atoms with Gasteiger partial charge in [-0.25, -0.2) is 0 Å². The van der Waals surface area contributed by atoms with E-state index in [9.17, 15) is 0 Å². The van der Waals surface area contributed by atoms with Crippen LogP contribution < -0.4 is 5.32 Å². The molecule has 0 amide bonds. The van der Waals surface area contributed by atoms with Gasteiger partial charge in [0.15, 0.2) is 0 Å². The van der Waals surface area contributed by atoms with Crippen LogP contribution in [0, 0.1) is 12.8 Å². The second-order valence-corrected chi connectivity index (χ2v) is 4.47. The first-order valence-electron chi connectivity index (χ1n) is 5.93. The smallest absolute Gasteiger partial charge is 0.120 e. The molecule has 15 heavy (non-hydrogen) atoms. The van der Waals surface area contributed by atoms with Crippen LogP contribution in [0.15, 0.2) is 16.5 Å². The van der Waals surface area contributed by atoms with Crippen LogP contribution in [0.25, 0.3) is 0 Å². The number of hydrogen-bond acceptors (Lipinski definition) is 2. The molecule has 0 aliphatic rings. The Bertz CT molecular complexity index is 280. The zero-order valence-corrected chi connectivity index (χ0v) is 10.3. The molecule has 0 spiro atoms. The second-order valence-electron chi connectivity index (χ2n) is 4.47. The molecule has 0 fully saturated rings. The zero-order chi connectivity index (χ0) is 11.3. The topological polar surface area (TPSA) is 25.2 Å². The van der Waals surface area contributed by atoms with E-state index in [4.69, 9.17) is 4.42 Å². The number of nitrogens with one attached hydrogen (secondary N) is 1. The molecule has 1 N–H and O–H groups in total. The van der Waals surface area contributed by atoms with Gasteiger partial charge in [-0.1, -0.05) is 20.3 Å². The third-order valence-corrected chi connectivity index (χ3v) is 2.74. The molecule has 2 atom stereocenters. The maximum Gasteiger partial charge on any atom is 0.120 e. The Morgan fingerprint density at radius 3 is 2.60 bits per heavy atom. The van der Waals surface area contributed by atoms with Crippen LogP contribution in [-0.2, 0) is 0 Å². The van der Waals surface area contributed by atoms with Crippen LogP contribution in [-0.4, -0.2) is 6.54 Å². The number of aryl methyl sites for hydroxylation is 1. The normalized spacial score (nSPS) is 15.2. The fraction of sp³-hybridized carbons (Fsp3) is 0.692. The number of furan rings is 1. The van der Waals surface area contributed by atoms with E-state index in [1.807, 2.05) is 13.0 Å². The van der Waals surface area contributed by atoms with Gasteiger partial charge in [-0.2, -0.15) is 0 Å². The minimum Gasteiger partial charge on any atom is -0.465 e. The van der Waals surface area contributed by atoms with Gasteiger partial charge in [0.2, 0.25) is 0 Å². The largest absolute Gasteiger partial charge is 0.465 e. The summed E-state index contributed by atoms with van der Waals surface area (Å²) in [6, 6.07) is 4.39.